The zero-order chi connectivity index (χ0) is 15.3. The third-order valence-electron chi connectivity index (χ3n) is 3.63. The van der Waals surface area contributed by atoms with E-state index in [4.69, 9.17) is 0 Å². The Morgan fingerprint density at radius 1 is 1.25 bits per heavy atom. The van der Waals surface area contributed by atoms with Crippen LogP contribution < -0.4 is 10.6 Å². The largest absolute Gasteiger partial charge is 0.388 e. The number of anilines is 1. The highest BCUT2D eigenvalue weighted by Crippen LogP contribution is 2.25. The van der Waals surface area contributed by atoms with E-state index in [1.165, 1.54) is 0 Å². The van der Waals surface area contributed by atoms with Crippen molar-refractivity contribution in [1.82, 2.24) is 5.32 Å². The summed E-state index contributed by atoms with van der Waals surface area (Å²) in [5, 5.41) is 15.7. The molecular weight excluding hydrogens is 320 g/mol. The first kappa shape index (κ1) is 17.0. The van der Waals surface area contributed by atoms with Crippen LogP contribution in [0.4, 0.5) is 10.5 Å². The number of carbonyl (C=O) groups is 1. The lowest BCUT2D eigenvalue weighted by Crippen LogP contribution is -2.43. The topological polar surface area (TPSA) is 61.4 Å². The van der Waals surface area contributed by atoms with E-state index in [2.05, 4.69) is 26.6 Å². The first-order valence-electron chi connectivity index (χ1n) is 6.85. The fourth-order valence-electron chi connectivity index (χ4n) is 2.01. The molecule has 0 bridgehead atoms. The lowest BCUT2D eigenvalue weighted by Gasteiger charge is -2.25. The Hall–Kier alpha value is -1.07. The molecule has 4 nitrogen and oxygen atoms in total. The Morgan fingerprint density at radius 3 is 2.20 bits per heavy atom. The van der Waals surface area contributed by atoms with Gasteiger partial charge >= 0.3 is 6.03 Å². The van der Waals surface area contributed by atoms with Gasteiger partial charge in [-0.2, -0.15) is 0 Å². The summed E-state index contributed by atoms with van der Waals surface area (Å²) in [6.45, 7) is 7.96. The van der Waals surface area contributed by atoms with Crippen molar-refractivity contribution in [2.45, 2.75) is 46.1 Å². The summed E-state index contributed by atoms with van der Waals surface area (Å²) in [6.07, 6.45) is 1.22. The highest BCUT2D eigenvalue weighted by molar-refractivity contribution is 9.10. The molecule has 0 heterocycles. The van der Waals surface area contributed by atoms with Gasteiger partial charge in [-0.25, -0.2) is 4.79 Å². The van der Waals surface area contributed by atoms with E-state index in [1.54, 1.807) is 0 Å². The van der Waals surface area contributed by atoms with E-state index >= 15 is 0 Å². The van der Waals surface area contributed by atoms with Gasteiger partial charge in [0.1, 0.15) is 0 Å². The zero-order valence-electron chi connectivity index (χ0n) is 12.5. The van der Waals surface area contributed by atoms with Crippen molar-refractivity contribution in [3.8, 4) is 0 Å². The van der Waals surface area contributed by atoms with Crippen molar-refractivity contribution < 1.29 is 9.90 Å². The molecule has 1 aromatic rings. The van der Waals surface area contributed by atoms with Crippen molar-refractivity contribution in [2.75, 3.05) is 11.9 Å². The lowest BCUT2D eigenvalue weighted by atomic mass is 9.98. The summed E-state index contributed by atoms with van der Waals surface area (Å²) in [7, 11) is 0. The van der Waals surface area contributed by atoms with Crippen molar-refractivity contribution in [2.24, 2.45) is 0 Å². The summed E-state index contributed by atoms with van der Waals surface area (Å²) < 4.78 is 0.991. The number of hydrogen-bond donors (Lipinski definition) is 3. The number of hydrogen-bond acceptors (Lipinski definition) is 2. The average Bonchev–Trinajstić information content (AvgIpc) is 2.40. The zero-order valence-corrected chi connectivity index (χ0v) is 14.1. The Bertz CT molecular complexity index is 462. The highest BCUT2D eigenvalue weighted by atomic mass is 79.9. The molecule has 0 aliphatic heterocycles. The Kier molecular flexibility index (Phi) is 6.02. The van der Waals surface area contributed by atoms with Gasteiger partial charge in [-0.05, 0) is 49.9 Å². The minimum atomic E-state index is -0.832. The molecule has 0 spiro atoms. The van der Waals surface area contributed by atoms with Gasteiger partial charge in [-0.3, -0.25) is 0 Å². The highest BCUT2D eigenvalue weighted by Gasteiger charge is 2.22. The molecule has 0 atom stereocenters. The number of rotatable bonds is 5. The van der Waals surface area contributed by atoms with E-state index < -0.39 is 5.60 Å². The minimum Gasteiger partial charge on any atom is -0.388 e. The van der Waals surface area contributed by atoms with Gasteiger partial charge in [0.2, 0.25) is 0 Å². The smallest absolute Gasteiger partial charge is 0.319 e. The van der Waals surface area contributed by atoms with E-state index in [9.17, 15) is 9.90 Å². The van der Waals surface area contributed by atoms with Gasteiger partial charge < -0.3 is 15.7 Å². The maximum absolute atomic E-state index is 11.9. The number of benzene rings is 1. The SMILES string of the molecule is CCC(O)(CC)CNC(=O)Nc1c(C)cc(Br)cc1C. The molecular formula is C15H23BrN2O2. The monoisotopic (exact) mass is 342 g/mol. The number of amides is 2. The molecule has 0 aliphatic rings. The molecule has 3 N–H and O–H groups in total. The maximum Gasteiger partial charge on any atom is 0.319 e. The molecule has 0 fully saturated rings. The van der Waals surface area contributed by atoms with Gasteiger partial charge in [-0.1, -0.05) is 29.8 Å². The second-order valence-corrected chi connectivity index (χ2v) is 6.07. The number of urea groups is 1. The van der Waals surface area contributed by atoms with E-state index in [0.717, 1.165) is 21.3 Å². The van der Waals surface area contributed by atoms with Crippen LogP contribution in [0.25, 0.3) is 0 Å². The van der Waals surface area contributed by atoms with Crippen LogP contribution in [0.1, 0.15) is 37.8 Å². The molecule has 0 radical (unpaired) electrons. The molecule has 0 aromatic heterocycles. The average molecular weight is 343 g/mol. The van der Waals surface area contributed by atoms with Crippen molar-refractivity contribution in [3.05, 3.63) is 27.7 Å². The number of aryl methyl sites for hydroxylation is 2. The molecule has 1 aromatic carbocycles. The first-order chi connectivity index (χ1) is 9.31. The number of aliphatic hydroxyl groups is 1. The molecule has 112 valence electrons. The van der Waals surface area contributed by atoms with Crippen LogP contribution in [0, 0.1) is 13.8 Å². The molecule has 1 rings (SSSR count). The van der Waals surface area contributed by atoms with Gasteiger partial charge in [0.05, 0.1) is 5.60 Å². The van der Waals surface area contributed by atoms with Crippen LogP contribution in [0.2, 0.25) is 0 Å². The van der Waals surface area contributed by atoms with E-state index in [-0.39, 0.29) is 12.6 Å². The molecule has 5 heteroatoms. The predicted octanol–water partition coefficient (Wildman–Crippen LogP) is 3.74. The van der Waals surface area contributed by atoms with Crippen molar-refractivity contribution in [3.63, 3.8) is 0 Å². The normalized spacial score (nSPS) is 11.3. The van der Waals surface area contributed by atoms with E-state index in [0.29, 0.717) is 12.8 Å². The summed E-state index contributed by atoms with van der Waals surface area (Å²) in [5.74, 6) is 0. The van der Waals surface area contributed by atoms with Gasteiger partial charge in [0.15, 0.2) is 0 Å². The van der Waals surface area contributed by atoms with Crippen LogP contribution >= 0.6 is 15.9 Å². The van der Waals surface area contributed by atoms with Crippen molar-refractivity contribution in [1.29, 1.82) is 0 Å². The third kappa shape index (κ3) is 4.49. The van der Waals surface area contributed by atoms with Gasteiger partial charge in [0.25, 0.3) is 0 Å². The van der Waals surface area contributed by atoms with Gasteiger partial charge in [-0.15, -0.1) is 0 Å². The summed E-state index contributed by atoms with van der Waals surface area (Å²) in [4.78, 5) is 11.9. The number of nitrogens with one attached hydrogen (secondary N) is 2. The second kappa shape index (κ2) is 7.09. The number of carbonyl (C=O) groups excluding carboxylic acids is 1. The molecule has 2 amide bonds. The van der Waals surface area contributed by atoms with E-state index in [1.807, 2.05) is 39.8 Å². The maximum atomic E-state index is 11.9. The van der Waals surface area contributed by atoms with Crippen LogP contribution in [0.3, 0.4) is 0 Å². The Labute approximate surface area is 129 Å². The van der Waals surface area contributed by atoms with Crippen LogP contribution in [-0.4, -0.2) is 23.3 Å². The molecule has 0 unspecified atom stereocenters. The summed E-state index contributed by atoms with van der Waals surface area (Å²) in [6, 6.07) is 3.62. The van der Waals surface area contributed by atoms with Crippen molar-refractivity contribution >= 4 is 27.6 Å². The fourth-order valence-corrected chi connectivity index (χ4v) is 2.70. The van der Waals surface area contributed by atoms with Crippen LogP contribution in [-0.2, 0) is 0 Å². The number of halogens is 1. The van der Waals surface area contributed by atoms with Crippen LogP contribution in [0.15, 0.2) is 16.6 Å². The van der Waals surface area contributed by atoms with Gasteiger partial charge in [0, 0.05) is 16.7 Å². The second-order valence-electron chi connectivity index (χ2n) is 5.15. The minimum absolute atomic E-state index is 0.250. The Morgan fingerprint density at radius 2 is 1.75 bits per heavy atom. The summed E-state index contributed by atoms with van der Waals surface area (Å²) >= 11 is 3.43. The standard InChI is InChI=1S/C15H23BrN2O2/c1-5-15(20,6-2)9-17-14(19)18-13-10(3)7-12(16)8-11(13)4/h7-8,20H,5-6,9H2,1-4H3,(H2,17,18,19). The molecule has 20 heavy (non-hydrogen) atoms. The van der Waals surface area contributed by atoms with Crippen LogP contribution in [0.5, 0.6) is 0 Å². The molecule has 0 saturated heterocycles. The fraction of sp³-hybridized carbons (Fsp3) is 0.533. The first-order valence-corrected chi connectivity index (χ1v) is 7.64. The summed E-state index contributed by atoms with van der Waals surface area (Å²) in [5.41, 5.74) is 1.96. The predicted molar refractivity (Wildman–Crippen MR) is 86.2 cm³/mol. The molecule has 0 aliphatic carbocycles. The third-order valence-corrected chi connectivity index (χ3v) is 4.09. The lowest BCUT2D eigenvalue weighted by molar-refractivity contribution is 0.0354. The molecule has 0 saturated carbocycles. The Balaban J connectivity index is 2.68. The quantitative estimate of drug-likeness (QED) is 0.763.